The van der Waals surface area contributed by atoms with Crippen LogP contribution in [0.15, 0.2) is 65.2 Å². The molecular weight excluding hydrogens is 458 g/mol. The summed E-state index contributed by atoms with van der Waals surface area (Å²) in [6.45, 7) is 15.6. The average Bonchev–Trinajstić information content (AvgIpc) is 3.35. The summed E-state index contributed by atoms with van der Waals surface area (Å²) in [5.41, 5.74) is 11.5. The molecule has 3 aromatic heterocycles. The number of furan rings is 1. The fraction of sp³-hybridized carbons (Fsp3) is 0.242. The molecule has 0 saturated heterocycles. The quantitative estimate of drug-likeness (QED) is 0.242. The molecule has 0 atom stereocenters. The molecule has 0 spiro atoms. The van der Waals surface area contributed by atoms with E-state index in [0.29, 0.717) is 0 Å². The van der Waals surface area contributed by atoms with Crippen LogP contribution in [-0.2, 0) is 5.41 Å². The molecule has 3 aromatic carbocycles. The van der Waals surface area contributed by atoms with Gasteiger partial charge in [0.15, 0.2) is 0 Å². The zero-order valence-corrected chi connectivity index (χ0v) is 22.9. The van der Waals surface area contributed by atoms with E-state index in [2.05, 4.69) is 109 Å². The standard InChI is InChI=1S/C33H31NOS/c1-18-10-8-11-19(2)29(18)25-16-27(34-17-26(25)33(5,6)7)23-12-9-13-24-30-28(35-31(23)24)15-14-22-20(3)21(4)36-32(22)30/h8-17H,1-7H3. The van der Waals surface area contributed by atoms with Gasteiger partial charge in [-0.2, -0.15) is 0 Å². The minimum absolute atomic E-state index is 0.0263. The first-order valence-corrected chi connectivity index (χ1v) is 13.4. The molecule has 0 amide bonds. The fourth-order valence-corrected chi connectivity index (χ4v) is 6.74. The smallest absolute Gasteiger partial charge is 0.144 e. The highest BCUT2D eigenvalue weighted by Gasteiger charge is 2.23. The Hall–Kier alpha value is -3.43. The molecule has 6 aromatic rings. The van der Waals surface area contributed by atoms with Gasteiger partial charge in [0.1, 0.15) is 11.2 Å². The van der Waals surface area contributed by atoms with Crippen molar-refractivity contribution in [2.45, 2.75) is 53.9 Å². The van der Waals surface area contributed by atoms with E-state index in [0.717, 1.165) is 27.8 Å². The molecule has 6 rings (SSSR count). The van der Waals surface area contributed by atoms with Crippen LogP contribution < -0.4 is 0 Å². The van der Waals surface area contributed by atoms with E-state index >= 15 is 0 Å². The van der Waals surface area contributed by atoms with Crippen LogP contribution >= 0.6 is 11.3 Å². The third kappa shape index (κ3) is 3.41. The van der Waals surface area contributed by atoms with Gasteiger partial charge in [0, 0.05) is 32.1 Å². The van der Waals surface area contributed by atoms with E-state index in [1.165, 1.54) is 53.7 Å². The van der Waals surface area contributed by atoms with Gasteiger partial charge in [0.2, 0.25) is 0 Å². The van der Waals surface area contributed by atoms with Crippen LogP contribution in [0.25, 0.3) is 54.4 Å². The summed E-state index contributed by atoms with van der Waals surface area (Å²) in [5.74, 6) is 0. The molecule has 0 saturated carbocycles. The number of aryl methyl sites for hydroxylation is 4. The predicted octanol–water partition coefficient (Wildman–Crippen LogP) is 10.1. The zero-order valence-electron chi connectivity index (χ0n) is 22.0. The van der Waals surface area contributed by atoms with Crippen molar-refractivity contribution >= 4 is 43.4 Å². The maximum absolute atomic E-state index is 6.55. The Bertz CT molecular complexity index is 1790. The van der Waals surface area contributed by atoms with E-state index in [4.69, 9.17) is 9.40 Å². The molecule has 0 fully saturated rings. The highest BCUT2D eigenvalue weighted by molar-refractivity contribution is 7.20. The number of nitrogens with zero attached hydrogens (tertiary/aromatic N) is 1. The summed E-state index contributed by atoms with van der Waals surface area (Å²) in [7, 11) is 0. The van der Waals surface area contributed by atoms with E-state index in [9.17, 15) is 0 Å². The highest BCUT2D eigenvalue weighted by atomic mass is 32.1. The van der Waals surface area contributed by atoms with Crippen molar-refractivity contribution < 1.29 is 4.42 Å². The van der Waals surface area contributed by atoms with Gasteiger partial charge < -0.3 is 4.42 Å². The summed E-state index contributed by atoms with van der Waals surface area (Å²) in [6.07, 6.45) is 2.07. The second-order valence-electron chi connectivity index (χ2n) is 11.0. The number of hydrogen-bond donors (Lipinski definition) is 0. The molecule has 0 unspecified atom stereocenters. The summed E-state index contributed by atoms with van der Waals surface area (Å²) in [5, 5.41) is 3.69. The molecule has 3 heteroatoms. The van der Waals surface area contributed by atoms with Crippen LogP contribution in [0.4, 0.5) is 0 Å². The monoisotopic (exact) mass is 489 g/mol. The van der Waals surface area contributed by atoms with Crippen LogP contribution in [0.1, 0.15) is 47.9 Å². The van der Waals surface area contributed by atoms with Crippen LogP contribution in [0.2, 0.25) is 0 Å². The van der Waals surface area contributed by atoms with Crippen LogP contribution in [0.5, 0.6) is 0 Å². The number of thiophene rings is 1. The fourth-order valence-electron chi connectivity index (χ4n) is 5.53. The topological polar surface area (TPSA) is 26.0 Å². The Kier molecular flexibility index (Phi) is 5.14. The highest BCUT2D eigenvalue weighted by Crippen LogP contribution is 2.44. The molecule has 180 valence electrons. The van der Waals surface area contributed by atoms with Gasteiger partial charge in [-0.05, 0) is 96.1 Å². The normalized spacial score (nSPS) is 12.3. The van der Waals surface area contributed by atoms with Crippen molar-refractivity contribution in [1.82, 2.24) is 4.98 Å². The Balaban J connectivity index is 1.65. The minimum Gasteiger partial charge on any atom is -0.455 e. The van der Waals surface area contributed by atoms with Gasteiger partial charge in [-0.3, -0.25) is 4.98 Å². The van der Waals surface area contributed by atoms with Crippen LogP contribution in [0, 0.1) is 27.7 Å². The molecular formula is C33H31NOS. The molecule has 0 N–H and O–H groups in total. The number of hydrogen-bond acceptors (Lipinski definition) is 3. The molecule has 36 heavy (non-hydrogen) atoms. The maximum Gasteiger partial charge on any atom is 0.144 e. The van der Waals surface area contributed by atoms with E-state index < -0.39 is 0 Å². The van der Waals surface area contributed by atoms with Crippen LogP contribution in [-0.4, -0.2) is 4.98 Å². The number of pyridine rings is 1. The Morgan fingerprint density at radius 2 is 1.53 bits per heavy atom. The van der Waals surface area contributed by atoms with Gasteiger partial charge >= 0.3 is 0 Å². The first-order chi connectivity index (χ1) is 17.1. The van der Waals surface area contributed by atoms with Gasteiger partial charge in [-0.25, -0.2) is 0 Å². The van der Waals surface area contributed by atoms with Crippen molar-refractivity contribution in [2.75, 3.05) is 0 Å². The minimum atomic E-state index is -0.0263. The molecule has 0 bridgehead atoms. The number of rotatable bonds is 2. The Morgan fingerprint density at radius 1 is 0.806 bits per heavy atom. The number of benzene rings is 3. The third-order valence-corrected chi connectivity index (χ3v) is 8.78. The first-order valence-electron chi connectivity index (χ1n) is 12.6. The predicted molar refractivity (Wildman–Crippen MR) is 155 cm³/mol. The summed E-state index contributed by atoms with van der Waals surface area (Å²) >= 11 is 1.86. The number of para-hydroxylation sites is 1. The SMILES string of the molecule is Cc1cccc(C)c1-c1cc(-c2cccc3c2oc2ccc4c(C)c(C)sc4c23)ncc1C(C)(C)C. The van der Waals surface area contributed by atoms with Crippen molar-refractivity contribution in [3.05, 3.63) is 87.9 Å². The van der Waals surface area contributed by atoms with Crippen molar-refractivity contribution in [3.8, 4) is 22.4 Å². The first kappa shape index (κ1) is 23.0. The van der Waals surface area contributed by atoms with Crippen molar-refractivity contribution in [1.29, 1.82) is 0 Å². The lowest BCUT2D eigenvalue weighted by Gasteiger charge is -2.25. The van der Waals surface area contributed by atoms with Gasteiger partial charge in [0.05, 0.1) is 5.69 Å². The molecule has 0 aliphatic carbocycles. The molecule has 3 heterocycles. The van der Waals surface area contributed by atoms with E-state index in [1.54, 1.807) is 0 Å². The van der Waals surface area contributed by atoms with Crippen molar-refractivity contribution in [2.24, 2.45) is 0 Å². The third-order valence-electron chi connectivity index (χ3n) is 7.54. The average molecular weight is 490 g/mol. The summed E-state index contributed by atoms with van der Waals surface area (Å²) < 4.78 is 7.86. The number of aromatic nitrogens is 1. The molecule has 0 aliphatic heterocycles. The molecule has 0 aliphatic rings. The van der Waals surface area contributed by atoms with E-state index in [1.807, 2.05) is 11.3 Å². The molecule has 0 radical (unpaired) electrons. The largest absolute Gasteiger partial charge is 0.455 e. The zero-order chi connectivity index (χ0) is 25.4. The van der Waals surface area contributed by atoms with E-state index in [-0.39, 0.29) is 5.41 Å². The second kappa shape index (κ2) is 8.04. The van der Waals surface area contributed by atoms with Gasteiger partial charge in [-0.1, -0.05) is 51.1 Å². The maximum atomic E-state index is 6.55. The second-order valence-corrected chi connectivity index (χ2v) is 12.2. The number of fused-ring (bicyclic) bond motifs is 5. The summed E-state index contributed by atoms with van der Waals surface area (Å²) in [6, 6.07) is 19.6. The van der Waals surface area contributed by atoms with Gasteiger partial charge in [-0.15, -0.1) is 11.3 Å². The Labute approximate surface area is 216 Å². The van der Waals surface area contributed by atoms with Crippen molar-refractivity contribution in [3.63, 3.8) is 0 Å². The lowest BCUT2D eigenvalue weighted by atomic mass is 9.80. The lowest BCUT2D eigenvalue weighted by Crippen LogP contribution is -2.14. The molecule has 2 nitrogen and oxygen atoms in total. The summed E-state index contributed by atoms with van der Waals surface area (Å²) in [4.78, 5) is 6.37. The van der Waals surface area contributed by atoms with Gasteiger partial charge in [0.25, 0.3) is 0 Å². The van der Waals surface area contributed by atoms with Crippen LogP contribution in [0.3, 0.4) is 0 Å². The Morgan fingerprint density at radius 3 is 2.25 bits per heavy atom. The lowest BCUT2D eigenvalue weighted by molar-refractivity contribution is 0.589.